The minimum Gasteiger partial charge on any atom is -0.550 e. The Bertz CT molecular complexity index is 144. The summed E-state index contributed by atoms with van der Waals surface area (Å²) in [6.45, 7) is 0.972. The van der Waals surface area contributed by atoms with Crippen molar-refractivity contribution in [3.05, 3.63) is 24.3 Å². The molecule has 13 heavy (non-hydrogen) atoms. The SMILES string of the molecule is C1=CCCC=CCC1.CC(=O)[O-].[Rh+]. The van der Waals surface area contributed by atoms with Crippen molar-refractivity contribution in [3.8, 4) is 0 Å². The van der Waals surface area contributed by atoms with Crippen LogP contribution in [0.25, 0.3) is 0 Å². The number of carbonyl (C=O) groups is 1. The monoisotopic (exact) mass is 270 g/mol. The van der Waals surface area contributed by atoms with Crippen molar-refractivity contribution in [3.63, 3.8) is 0 Å². The van der Waals surface area contributed by atoms with Gasteiger partial charge in [0.25, 0.3) is 0 Å². The van der Waals surface area contributed by atoms with Crippen molar-refractivity contribution in [2.24, 2.45) is 0 Å². The van der Waals surface area contributed by atoms with Crippen LogP contribution in [-0.2, 0) is 24.3 Å². The van der Waals surface area contributed by atoms with Crippen molar-refractivity contribution in [1.29, 1.82) is 0 Å². The van der Waals surface area contributed by atoms with Gasteiger partial charge in [-0.25, -0.2) is 0 Å². The van der Waals surface area contributed by atoms with E-state index in [2.05, 4.69) is 24.3 Å². The van der Waals surface area contributed by atoms with Crippen LogP contribution in [0.15, 0.2) is 24.3 Å². The second-order valence-electron chi connectivity index (χ2n) is 2.59. The van der Waals surface area contributed by atoms with Crippen molar-refractivity contribution in [2.75, 3.05) is 0 Å². The number of carboxylic acid groups (broad SMARTS) is 1. The second kappa shape index (κ2) is 11.6. The van der Waals surface area contributed by atoms with Crippen LogP contribution in [0.2, 0.25) is 0 Å². The van der Waals surface area contributed by atoms with E-state index in [0.29, 0.717) is 0 Å². The van der Waals surface area contributed by atoms with E-state index in [1.807, 2.05) is 0 Å². The third kappa shape index (κ3) is 18.5. The normalized spacial score (nSPS) is 14.2. The number of carboxylic acids is 1. The molecule has 0 fully saturated rings. The first-order chi connectivity index (χ1) is 5.73. The van der Waals surface area contributed by atoms with Crippen LogP contribution in [0.4, 0.5) is 0 Å². The van der Waals surface area contributed by atoms with E-state index in [1.165, 1.54) is 25.7 Å². The molecule has 0 aromatic carbocycles. The number of hydrogen-bond acceptors (Lipinski definition) is 2. The molecular weight excluding hydrogens is 255 g/mol. The molecule has 0 aromatic rings. The van der Waals surface area contributed by atoms with E-state index < -0.39 is 5.97 Å². The molecule has 76 valence electrons. The molecular formula is C10H15O2Rh. The van der Waals surface area contributed by atoms with Crippen LogP contribution in [-0.4, -0.2) is 5.97 Å². The quantitative estimate of drug-likeness (QED) is 0.493. The molecule has 0 saturated heterocycles. The Labute approximate surface area is 92.5 Å². The van der Waals surface area contributed by atoms with Gasteiger partial charge in [-0.05, 0) is 32.6 Å². The molecule has 0 aromatic heterocycles. The summed E-state index contributed by atoms with van der Waals surface area (Å²) in [5.41, 5.74) is 0. The Balaban J connectivity index is 0. The summed E-state index contributed by atoms with van der Waals surface area (Å²) in [7, 11) is 0. The molecule has 0 spiro atoms. The molecule has 1 rings (SSSR count). The van der Waals surface area contributed by atoms with Crippen molar-refractivity contribution >= 4 is 5.97 Å². The molecule has 3 heteroatoms. The molecule has 0 N–H and O–H groups in total. The smallest absolute Gasteiger partial charge is 0.550 e. The number of hydrogen-bond donors (Lipinski definition) is 0. The van der Waals surface area contributed by atoms with Gasteiger partial charge in [0.05, 0.1) is 0 Å². The zero-order chi connectivity index (χ0) is 9.23. The summed E-state index contributed by atoms with van der Waals surface area (Å²) >= 11 is 0. The van der Waals surface area contributed by atoms with Crippen molar-refractivity contribution in [2.45, 2.75) is 32.6 Å². The van der Waals surface area contributed by atoms with Crippen LogP contribution in [0.1, 0.15) is 32.6 Å². The number of rotatable bonds is 0. The number of carbonyl (C=O) groups excluding carboxylic acids is 1. The van der Waals surface area contributed by atoms with Crippen molar-refractivity contribution in [1.82, 2.24) is 0 Å². The maximum Gasteiger partial charge on any atom is 1.00 e. The van der Waals surface area contributed by atoms with E-state index in [0.717, 1.165) is 6.92 Å². The largest absolute Gasteiger partial charge is 1.00 e. The Hall–Kier alpha value is -0.427. The van der Waals surface area contributed by atoms with Gasteiger partial charge in [0.1, 0.15) is 0 Å². The first-order valence-electron chi connectivity index (χ1n) is 4.21. The molecule has 1 aliphatic rings. The Kier molecular flexibility index (Phi) is 13.4. The minimum absolute atomic E-state index is 0. The molecule has 0 unspecified atom stereocenters. The van der Waals surface area contributed by atoms with Gasteiger partial charge < -0.3 is 9.90 Å². The maximum absolute atomic E-state index is 8.89. The number of aliphatic carboxylic acids is 1. The fourth-order valence-corrected chi connectivity index (χ4v) is 0.856. The molecule has 0 saturated carbocycles. The van der Waals surface area contributed by atoms with Gasteiger partial charge in [-0.1, -0.05) is 24.3 Å². The molecule has 1 aliphatic carbocycles. The Morgan fingerprint density at radius 3 is 1.31 bits per heavy atom. The number of allylic oxidation sites excluding steroid dienone is 4. The summed E-state index contributed by atoms with van der Waals surface area (Å²) in [4.78, 5) is 8.89. The van der Waals surface area contributed by atoms with E-state index in [-0.39, 0.29) is 19.5 Å². The van der Waals surface area contributed by atoms with E-state index in [1.54, 1.807) is 0 Å². The van der Waals surface area contributed by atoms with Crippen molar-refractivity contribution < 1.29 is 29.4 Å². The van der Waals surface area contributed by atoms with Gasteiger partial charge in [0.2, 0.25) is 0 Å². The molecule has 0 atom stereocenters. The summed E-state index contributed by atoms with van der Waals surface area (Å²) in [5.74, 6) is -1.08. The molecule has 0 heterocycles. The van der Waals surface area contributed by atoms with Gasteiger partial charge >= 0.3 is 19.5 Å². The Morgan fingerprint density at radius 1 is 1.00 bits per heavy atom. The predicted molar refractivity (Wildman–Crippen MR) is 47.4 cm³/mol. The first kappa shape index (κ1) is 15.1. The predicted octanol–water partition coefficient (Wildman–Crippen LogP) is 1.43. The third-order valence-corrected chi connectivity index (χ3v) is 1.33. The zero-order valence-corrected chi connectivity index (χ0v) is 9.43. The third-order valence-electron chi connectivity index (χ3n) is 1.33. The standard InChI is InChI=1S/C8H12.C2H4O2.Rh/c1-2-4-6-8-7-5-3-1;1-2(3)4;/h1-2,7-8H,3-6H2;1H3,(H,3,4);/q;;+1/p-1. The van der Waals surface area contributed by atoms with Gasteiger partial charge in [-0.15, -0.1) is 0 Å². The van der Waals surface area contributed by atoms with E-state index in [9.17, 15) is 0 Å². The molecule has 0 radical (unpaired) electrons. The summed E-state index contributed by atoms with van der Waals surface area (Å²) < 4.78 is 0. The average molecular weight is 270 g/mol. The van der Waals surface area contributed by atoms with E-state index in [4.69, 9.17) is 9.90 Å². The Morgan fingerprint density at radius 2 is 1.15 bits per heavy atom. The molecule has 2 nitrogen and oxygen atoms in total. The topological polar surface area (TPSA) is 40.1 Å². The zero-order valence-electron chi connectivity index (χ0n) is 7.79. The maximum atomic E-state index is 8.89. The fourth-order valence-electron chi connectivity index (χ4n) is 0.856. The summed E-state index contributed by atoms with van der Waals surface area (Å²) in [6.07, 6.45) is 14.0. The first-order valence-corrected chi connectivity index (χ1v) is 4.21. The average Bonchev–Trinajstić information content (AvgIpc) is 1.82. The van der Waals surface area contributed by atoms with Gasteiger partial charge in [0.15, 0.2) is 0 Å². The minimum atomic E-state index is -1.08. The summed E-state index contributed by atoms with van der Waals surface area (Å²) in [6, 6.07) is 0. The van der Waals surface area contributed by atoms with Crippen LogP contribution >= 0.6 is 0 Å². The molecule has 0 aliphatic heterocycles. The van der Waals surface area contributed by atoms with Crippen LogP contribution in [0, 0.1) is 0 Å². The van der Waals surface area contributed by atoms with Gasteiger partial charge in [0, 0.05) is 5.97 Å². The fraction of sp³-hybridized carbons (Fsp3) is 0.500. The second-order valence-corrected chi connectivity index (χ2v) is 2.59. The molecule has 0 bridgehead atoms. The van der Waals surface area contributed by atoms with Gasteiger partial charge in [-0.3, -0.25) is 0 Å². The molecule has 0 amide bonds. The van der Waals surface area contributed by atoms with Crippen LogP contribution < -0.4 is 5.11 Å². The summed E-state index contributed by atoms with van der Waals surface area (Å²) in [5, 5.41) is 8.89. The van der Waals surface area contributed by atoms with E-state index >= 15 is 0 Å². The van der Waals surface area contributed by atoms with Crippen LogP contribution in [0.3, 0.4) is 0 Å². The van der Waals surface area contributed by atoms with Gasteiger partial charge in [-0.2, -0.15) is 0 Å². The van der Waals surface area contributed by atoms with Crippen LogP contribution in [0.5, 0.6) is 0 Å².